The van der Waals surface area contributed by atoms with Crippen molar-refractivity contribution in [3.63, 3.8) is 0 Å². The Bertz CT molecular complexity index is 790. The molecule has 3 aromatic heterocycles. The van der Waals surface area contributed by atoms with E-state index >= 15 is 0 Å². The van der Waals surface area contributed by atoms with Gasteiger partial charge in [0.05, 0.1) is 17.1 Å². The molecule has 3 heterocycles. The maximum Gasteiger partial charge on any atom is 0.0571 e. The second-order valence-electron chi connectivity index (χ2n) is 5.97. The lowest BCUT2D eigenvalue weighted by Crippen LogP contribution is -2.02. The van der Waals surface area contributed by atoms with Crippen LogP contribution in [0.3, 0.4) is 0 Å². The highest BCUT2D eigenvalue weighted by molar-refractivity contribution is 5.20. The Labute approximate surface area is 175 Å². The summed E-state index contributed by atoms with van der Waals surface area (Å²) in [6, 6.07) is 13.7. The summed E-state index contributed by atoms with van der Waals surface area (Å²) >= 11 is 0. The highest BCUT2D eigenvalue weighted by Crippen LogP contribution is 2.04. The molecule has 0 bridgehead atoms. The van der Waals surface area contributed by atoms with Gasteiger partial charge in [-0.3, -0.25) is 15.0 Å². The van der Waals surface area contributed by atoms with Crippen LogP contribution < -0.4 is 17.2 Å². The van der Waals surface area contributed by atoms with Crippen molar-refractivity contribution in [2.75, 3.05) is 0 Å². The first-order valence-corrected chi connectivity index (χ1v) is 9.84. The molecule has 0 saturated carbocycles. The van der Waals surface area contributed by atoms with E-state index in [-0.39, 0.29) is 0 Å². The fourth-order valence-electron chi connectivity index (χ4n) is 2.12. The van der Waals surface area contributed by atoms with Crippen LogP contribution in [0.15, 0.2) is 54.9 Å². The van der Waals surface area contributed by atoms with Gasteiger partial charge in [0.1, 0.15) is 0 Å². The van der Waals surface area contributed by atoms with Gasteiger partial charge in [0.15, 0.2) is 0 Å². The standard InChI is InChI=1S/C8H12N2.C7H10N2.C6H8N2.C2H6/c1-6-3-4-7(2)10-8(6)5-9;1-6-2-3-9-7(4-6)5-8;7-5-6-3-1-2-4-8-6;1-2/h3-4H,5,9H2,1-2H3;2-4H,5,8H2,1H3;1-4H,5,7H2;1-2H3. The van der Waals surface area contributed by atoms with E-state index in [0.717, 1.165) is 22.8 Å². The van der Waals surface area contributed by atoms with E-state index in [1.165, 1.54) is 11.1 Å². The van der Waals surface area contributed by atoms with Gasteiger partial charge in [0.25, 0.3) is 0 Å². The van der Waals surface area contributed by atoms with Crippen LogP contribution in [0.4, 0.5) is 0 Å². The molecule has 0 spiro atoms. The quantitative estimate of drug-likeness (QED) is 0.623. The van der Waals surface area contributed by atoms with E-state index < -0.39 is 0 Å². The third kappa shape index (κ3) is 11.7. The topological polar surface area (TPSA) is 117 Å². The minimum Gasteiger partial charge on any atom is -0.325 e. The largest absolute Gasteiger partial charge is 0.325 e. The van der Waals surface area contributed by atoms with Crippen LogP contribution in [0.2, 0.25) is 0 Å². The lowest BCUT2D eigenvalue weighted by molar-refractivity contribution is 0.949. The first-order valence-electron chi connectivity index (χ1n) is 9.84. The van der Waals surface area contributed by atoms with Crippen LogP contribution in [-0.4, -0.2) is 15.0 Å². The second-order valence-corrected chi connectivity index (χ2v) is 5.97. The van der Waals surface area contributed by atoms with E-state index in [9.17, 15) is 0 Å². The molecular formula is C23H36N6. The maximum absolute atomic E-state index is 5.46. The van der Waals surface area contributed by atoms with Crippen molar-refractivity contribution >= 4 is 0 Å². The average molecular weight is 397 g/mol. The van der Waals surface area contributed by atoms with Crippen molar-refractivity contribution < 1.29 is 0 Å². The van der Waals surface area contributed by atoms with Gasteiger partial charge in [-0.25, -0.2) is 0 Å². The molecule has 0 saturated heterocycles. The molecule has 0 fully saturated rings. The molecule has 0 unspecified atom stereocenters. The van der Waals surface area contributed by atoms with Crippen LogP contribution in [0.25, 0.3) is 0 Å². The minimum atomic E-state index is 0.529. The number of nitrogens with two attached hydrogens (primary N) is 3. The average Bonchev–Trinajstić information content (AvgIpc) is 2.78. The van der Waals surface area contributed by atoms with E-state index in [2.05, 4.69) is 15.0 Å². The van der Waals surface area contributed by atoms with Crippen molar-refractivity contribution in [3.05, 3.63) is 88.8 Å². The van der Waals surface area contributed by atoms with E-state index in [4.69, 9.17) is 17.2 Å². The lowest BCUT2D eigenvalue weighted by atomic mass is 10.2. The summed E-state index contributed by atoms with van der Waals surface area (Å²) in [6.45, 7) is 11.6. The summed E-state index contributed by atoms with van der Waals surface area (Å²) < 4.78 is 0. The van der Waals surface area contributed by atoms with Crippen molar-refractivity contribution in [2.45, 2.75) is 54.3 Å². The number of rotatable bonds is 3. The van der Waals surface area contributed by atoms with Crippen LogP contribution >= 0.6 is 0 Å². The molecule has 29 heavy (non-hydrogen) atoms. The Kier molecular flexibility index (Phi) is 14.8. The molecule has 6 heteroatoms. The minimum absolute atomic E-state index is 0.529. The van der Waals surface area contributed by atoms with E-state index in [0.29, 0.717) is 19.6 Å². The Morgan fingerprint density at radius 1 is 0.724 bits per heavy atom. The van der Waals surface area contributed by atoms with E-state index in [1.807, 2.05) is 77.1 Å². The van der Waals surface area contributed by atoms with Crippen molar-refractivity contribution in [1.29, 1.82) is 0 Å². The Balaban J connectivity index is 0.000000390. The fraction of sp³-hybridized carbons (Fsp3) is 0.348. The summed E-state index contributed by atoms with van der Waals surface area (Å²) in [4.78, 5) is 12.3. The number of aromatic nitrogens is 3. The molecule has 6 nitrogen and oxygen atoms in total. The van der Waals surface area contributed by atoms with Crippen LogP contribution in [0.1, 0.15) is 47.8 Å². The predicted octanol–water partition coefficient (Wildman–Crippen LogP) is 3.57. The first kappa shape index (κ1) is 26.3. The monoisotopic (exact) mass is 396 g/mol. The summed E-state index contributed by atoms with van der Waals surface area (Å²) in [5.74, 6) is 0. The molecule has 6 N–H and O–H groups in total. The summed E-state index contributed by atoms with van der Waals surface area (Å²) in [6.07, 6.45) is 3.51. The molecule has 0 amide bonds. The third-order valence-corrected chi connectivity index (χ3v) is 3.65. The second kappa shape index (κ2) is 16.3. The zero-order valence-corrected chi connectivity index (χ0v) is 18.4. The molecule has 0 aliphatic heterocycles. The highest BCUT2D eigenvalue weighted by atomic mass is 14.7. The van der Waals surface area contributed by atoms with Crippen LogP contribution in [0.5, 0.6) is 0 Å². The van der Waals surface area contributed by atoms with Crippen molar-refractivity contribution in [2.24, 2.45) is 17.2 Å². The number of aryl methyl sites for hydroxylation is 3. The molecular weight excluding hydrogens is 360 g/mol. The van der Waals surface area contributed by atoms with Gasteiger partial charge >= 0.3 is 0 Å². The molecule has 3 rings (SSSR count). The third-order valence-electron chi connectivity index (χ3n) is 3.65. The number of hydrogen-bond donors (Lipinski definition) is 3. The number of nitrogens with zero attached hydrogens (tertiary/aromatic N) is 3. The molecule has 0 atom stereocenters. The first-order chi connectivity index (χ1) is 14.0. The van der Waals surface area contributed by atoms with Crippen LogP contribution in [-0.2, 0) is 19.6 Å². The molecule has 0 radical (unpaired) electrons. The van der Waals surface area contributed by atoms with Gasteiger partial charge < -0.3 is 17.2 Å². The van der Waals surface area contributed by atoms with E-state index in [1.54, 1.807) is 12.4 Å². The highest BCUT2D eigenvalue weighted by Gasteiger charge is 1.95. The number of hydrogen-bond acceptors (Lipinski definition) is 6. The Morgan fingerprint density at radius 3 is 1.79 bits per heavy atom. The van der Waals surface area contributed by atoms with Crippen LogP contribution in [0, 0.1) is 20.8 Å². The number of pyridine rings is 3. The summed E-state index contributed by atoms with van der Waals surface area (Å²) in [7, 11) is 0. The summed E-state index contributed by atoms with van der Waals surface area (Å²) in [5, 5.41) is 0. The SMILES string of the molecule is CC.Cc1ccc(C)c(CN)n1.Cc1ccnc(CN)c1.NCc1ccccn1. The van der Waals surface area contributed by atoms with Gasteiger partial charge in [0.2, 0.25) is 0 Å². The molecule has 0 aromatic carbocycles. The van der Waals surface area contributed by atoms with Crippen molar-refractivity contribution in [3.8, 4) is 0 Å². The molecule has 158 valence electrons. The Morgan fingerprint density at radius 2 is 1.38 bits per heavy atom. The van der Waals surface area contributed by atoms with Gasteiger partial charge in [-0.05, 0) is 62.2 Å². The Hall–Kier alpha value is -2.67. The lowest BCUT2D eigenvalue weighted by Gasteiger charge is -2.01. The zero-order valence-electron chi connectivity index (χ0n) is 18.4. The molecule has 3 aromatic rings. The fourth-order valence-corrected chi connectivity index (χ4v) is 2.12. The zero-order chi connectivity index (χ0) is 22.1. The van der Waals surface area contributed by atoms with Gasteiger partial charge in [-0.1, -0.05) is 26.0 Å². The summed E-state index contributed by atoms with van der Waals surface area (Å²) in [5.41, 5.74) is 22.4. The maximum atomic E-state index is 5.46. The molecule has 0 aliphatic rings. The van der Waals surface area contributed by atoms with Gasteiger partial charge in [-0.15, -0.1) is 0 Å². The smallest absolute Gasteiger partial charge is 0.0571 e. The predicted molar refractivity (Wildman–Crippen MR) is 122 cm³/mol. The van der Waals surface area contributed by atoms with Gasteiger partial charge in [-0.2, -0.15) is 0 Å². The van der Waals surface area contributed by atoms with Gasteiger partial charge in [0, 0.05) is 37.7 Å². The molecule has 0 aliphatic carbocycles. The van der Waals surface area contributed by atoms with Crippen molar-refractivity contribution in [1.82, 2.24) is 15.0 Å². The normalized spacial score (nSPS) is 9.10.